The number of carbonyl (C=O) groups is 2. The van der Waals surface area contributed by atoms with Crippen LogP contribution in [0.5, 0.6) is 11.8 Å². The van der Waals surface area contributed by atoms with Gasteiger partial charge in [0, 0.05) is 6.54 Å². The summed E-state index contributed by atoms with van der Waals surface area (Å²) in [4.78, 5) is 25.9. The molecule has 0 aliphatic carbocycles. The number of ether oxygens (including phenoxy) is 2. The van der Waals surface area contributed by atoms with Crippen LogP contribution in [0.1, 0.15) is 24.8 Å². The van der Waals surface area contributed by atoms with E-state index in [1.807, 2.05) is 0 Å². The van der Waals surface area contributed by atoms with Gasteiger partial charge < -0.3 is 14.4 Å². The van der Waals surface area contributed by atoms with E-state index in [0.29, 0.717) is 23.2 Å². The zero-order chi connectivity index (χ0) is 18.8. The molecular formula is C19H18N4O4. The van der Waals surface area contributed by atoms with Crippen molar-refractivity contribution in [1.82, 2.24) is 14.7 Å². The predicted molar refractivity (Wildman–Crippen MR) is 93.9 cm³/mol. The smallest absolute Gasteiger partial charge is 0.398 e. The van der Waals surface area contributed by atoms with Crippen molar-refractivity contribution >= 4 is 11.9 Å². The largest absolute Gasteiger partial charge is 0.424 e. The molecule has 1 aromatic carbocycles. The number of fused-ring (bicyclic) bond motifs is 2. The first-order valence-electron chi connectivity index (χ1n) is 8.93. The number of nitriles is 1. The summed E-state index contributed by atoms with van der Waals surface area (Å²) in [5, 5.41) is 13.3. The highest BCUT2D eigenvalue weighted by Crippen LogP contribution is 2.40. The van der Waals surface area contributed by atoms with Crippen LogP contribution in [-0.2, 0) is 16.1 Å². The fraction of sp³-hybridized carbons (Fsp3) is 0.368. The zero-order valence-corrected chi connectivity index (χ0v) is 14.7. The summed E-state index contributed by atoms with van der Waals surface area (Å²) in [6.45, 7) is 3.37. The normalized spacial score (nSPS) is 17.0. The molecule has 2 aliphatic rings. The van der Waals surface area contributed by atoms with Crippen LogP contribution in [0.2, 0.25) is 0 Å². The topological polar surface area (TPSA) is 97.5 Å². The number of esters is 2. The van der Waals surface area contributed by atoms with Gasteiger partial charge in [-0.25, -0.2) is 14.3 Å². The number of likely N-dealkylation sites (tertiary alicyclic amines) is 1. The molecule has 1 saturated heterocycles. The molecule has 0 unspecified atom stereocenters. The Bertz CT molecular complexity index is 920. The molecule has 0 spiro atoms. The lowest BCUT2D eigenvalue weighted by molar-refractivity contribution is -0.156. The third-order valence-corrected chi connectivity index (χ3v) is 4.80. The van der Waals surface area contributed by atoms with Gasteiger partial charge in [0.1, 0.15) is 5.56 Å². The standard InChI is InChI=1S/C19H18N4O4/c20-12-13-4-6-14(7-5-13)15-16-21-23(11-10-22-8-2-1-3-9-22)17(15)27-19(25)18(24)26-16/h4-7H,1-3,8-11H2. The molecule has 2 bridgehead atoms. The number of hydrogen-bond acceptors (Lipinski definition) is 7. The Morgan fingerprint density at radius 2 is 1.70 bits per heavy atom. The Morgan fingerprint density at radius 3 is 2.41 bits per heavy atom. The molecule has 2 aliphatic heterocycles. The average Bonchev–Trinajstić information content (AvgIpc) is 2.97. The third kappa shape index (κ3) is 3.41. The van der Waals surface area contributed by atoms with E-state index < -0.39 is 11.9 Å². The van der Waals surface area contributed by atoms with Crippen LogP contribution in [0.15, 0.2) is 24.3 Å². The van der Waals surface area contributed by atoms with Crippen LogP contribution >= 0.6 is 0 Å². The summed E-state index contributed by atoms with van der Waals surface area (Å²) in [5.41, 5.74) is 1.60. The number of benzene rings is 1. The van der Waals surface area contributed by atoms with Crippen LogP contribution in [-0.4, -0.2) is 46.3 Å². The van der Waals surface area contributed by atoms with Gasteiger partial charge in [0.05, 0.1) is 18.2 Å². The molecule has 138 valence electrons. The van der Waals surface area contributed by atoms with Crippen LogP contribution in [0, 0.1) is 11.3 Å². The summed E-state index contributed by atoms with van der Waals surface area (Å²) >= 11 is 0. The minimum absolute atomic E-state index is 0.0456. The number of nitrogens with zero attached hydrogens (tertiary/aromatic N) is 4. The first kappa shape index (κ1) is 17.2. The molecule has 0 radical (unpaired) electrons. The summed E-state index contributed by atoms with van der Waals surface area (Å²) in [7, 11) is 0. The average molecular weight is 366 g/mol. The highest BCUT2D eigenvalue weighted by Gasteiger charge is 2.34. The van der Waals surface area contributed by atoms with E-state index in [4.69, 9.17) is 14.7 Å². The van der Waals surface area contributed by atoms with Crippen molar-refractivity contribution in [2.45, 2.75) is 25.8 Å². The SMILES string of the molecule is N#Cc1ccc(-c2c3nn(CCN4CCCCC4)c2OC(=O)C(=O)O3)cc1. The lowest BCUT2D eigenvalue weighted by Crippen LogP contribution is -2.33. The zero-order valence-electron chi connectivity index (χ0n) is 14.7. The van der Waals surface area contributed by atoms with E-state index >= 15 is 0 Å². The van der Waals surface area contributed by atoms with Crippen molar-refractivity contribution in [3.05, 3.63) is 29.8 Å². The maximum absolute atomic E-state index is 11.9. The molecule has 3 heterocycles. The van der Waals surface area contributed by atoms with E-state index in [0.717, 1.165) is 19.6 Å². The maximum atomic E-state index is 11.9. The van der Waals surface area contributed by atoms with Crippen molar-refractivity contribution in [3.8, 4) is 29.0 Å². The number of carbonyl (C=O) groups excluding carboxylic acids is 2. The second kappa shape index (κ2) is 7.21. The third-order valence-electron chi connectivity index (χ3n) is 4.80. The molecule has 0 N–H and O–H groups in total. The van der Waals surface area contributed by atoms with E-state index in [9.17, 15) is 9.59 Å². The first-order chi connectivity index (χ1) is 13.2. The number of aromatic nitrogens is 2. The minimum atomic E-state index is -1.09. The molecule has 1 fully saturated rings. The Balaban J connectivity index is 1.67. The van der Waals surface area contributed by atoms with Crippen molar-refractivity contribution < 1.29 is 19.1 Å². The first-order valence-corrected chi connectivity index (χ1v) is 8.93. The lowest BCUT2D eigenvalue weighted by Gasteiger charge is -2.26. The van der Waals surface area contributed by atoms with Gasteiger partial charge in [0.25, 0.3) is 5.88 Å². The molecule has 8 heteroatoms. The van der Waals surface area contributed by atoms with Gasteiger partial charge in [-0.05, 0) is 43.6 Å². The summed E-state index contributed by atoms with van der Waals surface area (Å²) < 4.78 is 12.0. The van der Waals surface area contributed by atoms with Gasteiger partial charge in [-0.2, -0.15) is 5.26 Å². The van der Waals surface area contributed by atoms with Crippen LogP contribution in [0.25, 0.3) is 11.1 Å². The van der Waals surface area contributed by atoms with E-state index in [-0.39, 0.29) is 11.8 Å². The summed E-state index contributed by atoms with van der Waals surface area (Å²) in [6.07, 6.45) is 3.62. The molecule has 8 nitrogen and oxygen atoms in total. The van der Waals surface area contributed by atoms with Crippen molar-refractivity contribution in [2.24, 2.45) is 0 Å². The minimum Gasteiger partial charge on any atom is -0.398 e. The van der Waals surface area contributed by atoms with Crippen molar-refractivity contribution in [1.29, 1.82) is 5.26 Å². The Labute approximate surface area is 155 Å². The molecule has 0 saturated carbocycles. The molecule has 0 amide bonds. The van der Waals surface area contributed by atoms with Gasteiger partial charge in [0.2, 0.25) is 5.88 Å². The van der Waals surface area contributed by atoms with E-state index in [1.54, 1.807) is 28.9 Å². The molecule has 0 atom stereocenters. The number of rotatable bonds is 4. The second-order valence-electron chi connectivity index (χ2n) is 6.58. The molecule has 2 aromatic rings. The van der Waals surface area contributed by atoms with Crippen LogP contribution in [0.3, 0.4) is 0 Å². The van der Waals surface area contributed by atoms with Crippen molar-refractivity contribution in [2.75, 3.05) is 19.6 Å². The van der Waals surface area contributed by atoms with Gasteiger partial charge >= 0.3 is 11.9 Å². The fourth-order valence-corrected chi connectivity index (χ4v) is 3.39. The van der Waals surface area contributed by atoms with E-state index in [2.05, 4.69) is 16.1 Å². The molecule has 27 heavy (non-hydrogen) atoms. The van der Waals surface area contributed by atoms with Crippen LogP contribution < -0.4 is 9.47 Å². The quantitative estimate of drug-likeness (QED) is 0.600. The molecule has 1 aromatic heterocycles. The van der Waals surface area contributed by atoms with Gasteiger partial charge in [-0.3, -0.25) is 0 Å². The van der Waals surface area contributed by atoms with Gasteiger partial charge in [-0.1, -0.05) is 18.6 Å². The highest BCUT2D eigenvalue weighted by atomic mass is 16.6. The summed E-state index contributed by atoms with van der Waals surface area (Å²) in [5.74, 6) is -1.92. The van der Waals surface area contributed by atoms with Gasteiger partial charge in [0.15, 0.2) is 0 Å². The predicted octanol–water partition coefficient (Wildman–Crippen LogP) is 1.73. The van der Waals surface area contributed by atoms with E-state index in [1.165, 1.54) is 19.3 Å². The number of piperidine rings is 1. The van der Waals surface area contributed by atoms with Crippen LogP contribution in [0.4, 0.5) is 0 Å². The Hall–Kier alpha value is -3.18. The summed E-state index contributed by atoms with van der Waals surface area (Å²) in [6, 6.07) is 8.78. The molecule has 4 rings (SSSR count). The highest BCUT2D eigenvalue weighted by molar-refractivity contribution is 6.31. The molecular weight excluding hydrogens is 348 g/mol. The Kier molecular flexibility index (Phi) is 4.60. The number of hydrogen-bond donors (Lipinski definition) is 0. The van der Waals surface area contributed by atoms with Gasteiger partial charge in [-0.15, -0.1) is 5.10 Å². The monoisotopic (exact) mass is 366 g/mol. The van der Waals surface area contributed by atoms with Crippen molar-refractivity contribution in [3.63, 3.8) is 0 Å². The lowest BCUT2D eigenvalue weighted by atomic mass is 10.1. The Morgan fingerprint density at radius 1 is 1.00 bits per heavy atom. The second-order valence-corrected chi connectivity index (χ2v) is 6.58. The fourth-order valence-electron chi connectivity index (χ4n) is 3.39. The maximum Gasteiger partial charge on any atom is 0.424 e.